The first-order valence-electron chi connectivity index (χ1n) is 4.05. The van der Waals surface area contributed by atoms with Crippen LogP contribution in [0.15, 0.2) is 24.3 Å². The standard InChI is InChI=1S/C8H12BNO3/c11-6-5-10-7-1-3-8(4-2-7)13-9-12/h1-4,9-12H,5-6H2. The molecule has 0 radical (unpaired) electrons. The van der Waals surface area contributed by atoms with E-state index in [4.69, 9.17) is 14.8 Å². The Morgan fingerprint density at radius 3 is 2.54 bits per heavy atom. The van der Waals surface area contributed by atoms with Crippen molar-refractivity contribution in [2.45, 2.75) is 0 Å². The van der Waals surface area contributed by atoms with Crippen LogP contribution < -0.4 is 9.97 Å². The lowest BCUT2D eigenvalue weighted by Crippen LogP contribution is -2.05. The Labute approximate surface area is 77.5 Å². The minimum absolute atomic E-state index is 0.106. The van der Waals surface area contributed by atoms with Crippen molar-refractivity contribution in [1.82, 2.24) is 0 Å². The summed E-state index contributed by atoms with van der Waals surface area (Å²) < 4.78 is 4.84. The Kier molecular flexibility index (Phi) is 4.15. The Morgan fingerprint density at radius 2 is 2.00 bits per heavy atom. The van der Waals surface area contributed by atoms with E-state index in [1.807, 2.05) is 12.1 Å². The van der Waals surface area contributed by atoms with Gasteiger partial charge in [-0.1, -0.05) is 0 Å². The van der Waals surface area contributed by atoms with Gasteiger partial charge in [-0.2, -0.15) is 0 Å². The summed E-state index contributed by atoms with van der Waals surface area (Å²) in [6, 6.07) is 7.13. The first kappa shape index (κ1) is 9.89. The minimum atomic E-state index is -0.316. The Morgan fingerprint density at radius 1 is 1.31 bits per heavy atom. The summed E-state index contributed by atoms with van der Waals surface area (Å²) in [4.78, 5) is 0. The molecule has 0 spiro atoms. The molecule has 5 heteroatoms. The summed E-state index contributed by atoms with van der Waals surface area (Å²) in [6.45, 7) is 0.634. The summed E-state index contributed by atoms with van der Waals surface area (Å²) >= 11 is 0. The number of anilines is 1. The van der Waals surface area contributed by atoms with Crippen molar-refractivity contribution < 1.29 is 14.8 Å². The first-order valence-corrected chi connectivity index (χ1v) is 4.05. The smallest absolute Gasteiger partial charge is 0.504 e. The average molecular weight is 181 g/mol. The third-order valence-electron chi connectivity index (χ3n) is 1.53. The maximum absolute atomic E-state index is 8.55. The van der Waals surface area contributed by atoms with Crippen molar-refractivity contribution in [3.05, 3.63) is 24.3 Å². The fourth-order valence-electron chi connectivity index (χ4n) is 0.944. The Hall–Kier alpha value is -1.20. The van der Waals surface area contributed by atoms with E-state index in [1.165, 1.54) is 0 Å². The van der Waals surface area contributed by atoms with E-state index < -0.39 is 0 Å². The molecule has 0 aliphatic carbocycles. The molecule has 0 aliphatic heterocycles. The second-order valence-electron chi connectivity index (χ2n) is 2.45. The summed E-state index contributed by atoms with van der Waals surface area (Å²) in [5.74, 6) is 0.622. The van der Waals surface area contributed by atoms with Gasteiger partial charge in [0.05, 0.1) is 6.61 Å². The third-order valence-corrected chi connectivity index (χ3v) is 1.53. The maximum atomic E-state index is 8.55. The molecule has 0 aromatic heterocycles. The summed E-state index contributed by atoms with van der Waals surface area (Å²) in [6.07, 6.45) is 0. The highest BCUT2D eigenvalue weighted by Gasteiger charge is 1.93. The number of hydrogen-bond acceptors (Lipinski definition) is 4. The number of benzene rings is 1. The molecular formula is C8H12BNO3. The van der Waals surface area contributed by atoms with Crippen LogP contribution in [0.2, 0.25) is 0 Å². The molecule has 0 heterocycles. The van der Waals surface area contributed by atoms with Crippen LogP contribution in [0.3, 0.4) is 0 Å². The molecule has 0 bridgehead atoms. The SMILES string of the molecule is OBOc1ccc(NCCO)cc1. The van der Waals surface area contributed by atoms with Crippen LogP contribution in [0.1, 0.15) is 0 Å². The van der Waals surface area contributed by atoms with E-state index in [2.05, 4.69) is 5.32 Å². The van der Waals surface area contributed by atoms with Gasteiger partial charge < -0.3 is 20.1 Å². The van der Waals surface area contributed by atoms with Crippen LogP contribution in [0.5, 0.6) is 5.75 Å². The van der Waals surface area contributed by atoms with Crippen molar-refractivity contribution in [3.8, 4) is 5.75 Å². The van der Waals surface area contributed by atoms with Gasteiger partial charge in [-0.25, -0.2) is 0 Å². The Bertz CT molecular complexity index is 240. The normalized spacial score (nSPS) is 9.38. The zero-order valence-corrected chi connectivity index (χ0v) is 7.23. The van der Waals surface area contributed by atoms with Crippen molar-refractivity contribution >= 4 is 13.4 Å². The van der Waals surface area contributed by atoms with Gasteiger partial charge in [0.2, 0.25) is 0 Å². The predicted octanol–water partition coefficient (Wildman–Crippen LogP) is -0.272. The number of nitrogens with one attached hydrogen (secondary N) is 1. The molecule has 13 heavy (non-hydrogen) atoms. The third kappa shape index (κ3) is 3.35. The van der Waals surface area contributed by atoms with E-state index in [0.29, 0.717) is 12.3 Å². The highest BCUT2D eigenvalue weighted by Crippen LogP contribution is 2.14. The fourth-order valence-corrected chi connectivity index (χ4v) is 0.944. The fraction of sp³-hybridized carbons (Fsp3) is 0.250. The van der Waals surface area contributed by atoms with Gasteiger partial charge in [0.15, 0.2) is 0 Å². The maximum Gasteiger partial charge on any atom is 0.504 e. The number of aliphatic hydroxyl groups excluding tert-OH is 1. The quantitative estimate of drug-likeness (QED) is 0.547. The van der Waals surface area contributed by atoms with Crippen LogP contribution in [-0.4, -0.2) is 31.0 Å². The summed E-state index contributed by atoms with van der Waals surface area (Å²) in [5, 5.41) is 20.0. The van der Waals surface area contributed by atoms with E-state index in [9.17, 15) is 0 Å². The van der Waals surface area contributed by atoms with E-state index in [0.717, 1.165) is 5.69 Å². The molecule has 1 rings (SSSR count). The van der Waals surface area contributed by atoms with Gasteiger partial charge in [-0.15, -0.1) is 0 Å². The molecule has 0 aliphatic rings. The topological polar surface area (TPSA) is 61.7 Å². The lowest BCUT2D eigenvalue weighted by atomic mass is 10.3. The molecule has 3 N–H and O–H groups in total. The lowest BCUT2D eigenvalue weighted by Gasteiger charge is -2.05. The number of rotatable bonds is 5. The second kappa shape index (κ2) is 5.45. The van der Waals surface area contributed by atoms with Crippen LogP contribution in [0.25, 0.3) is 0 Å². The van der Waals surface area contributed by atoms with Gasteiger partial charge in [-0.3, -0.25) is 0 Å². The molecule has 0 atom stereocenters. The zero-order chi connectivity index (χ0) is 9.52. The van der Waals surface area contributed by atoms with Crippen molar-refractivity contribution in [2.75, 3.05) is 18.5 Å². The minimum Gasteiger partial charge on any atom is -0.539 e. The molecule has 1 aromatic rings. The zero-order valence-electron chi connectivity index (χ0n) is 7.23. The van der Waals surface area contributed by atoms with Gasteiger partial charge in [-0.05, 0) is 24.3 Å². The molecular weight excluding hydrogens is 169 g/mol. The number of hydrogen-bond donors (Lipinski definition) is 3. The van der Waals surface area contributed by atoms with Gasteiger partial charge in [0.1, 0.15) is 5.75 Å². The molecule has 0 amide bonds. The van der Waals surface area contributed by atoms with Crippen LogP contribution >= 0.6 is 0 Å². The summed E-state index contributed by atoms with van der Waals surface area (Å²) in [5.41, 5.74) is 0.916. The average Bonchev–Trinajstić information content (AvgIpc) is 2.17. The molecule has 1 aromatic carbocycles. The van der Waals surface area contributed by atoms with Crippen molar-refractivity contribution in [1.29, 1.82) is 0 Å². The van der Waals surface area contributed by atoms with Gasteiger partial charge >= 0.3 is 7.69 Å². The predicted molar refractivity (Wildman–Crippen MR) is 52.0 cm³/mol. The molecule has 0 saturated heterocycles. The highest BCUT2D eigenvalue weighted by atomic mass is 16.5. The highest BCUT2D eigenvalue weighted by molar-refractivity contribution is 6.17. The van der Waals surface area contributed by atoms with E-state index in [1.54, 1.807) is 12.1 Å². The molecule has 0 saturated carbocycles. The molecule has 4 nitrogen and oxygen atoms in total. The second-order valence-corrected chi connectivity index (χ2v) is 2.45. The first-order chi connectivity index (χ1) is 6.36. The lowest BCUT2D eigenvalue weighted by molar-refractivity contribution is 0.311. The molecule has 0 unspecified atom stereocenters. The number of aliphatic hydroxyl groups is 1. The largest absolute Gasteiger partial charge is 0.539 e. The van der Waals surface area contributed by atoms with Crippen LogP contribution in [-0.2, 0) is 0 Å². The van der Waals surface area contributed by atoms with Gasteiger partial charge in [0.25, 0.3) is 0 Å². The van der Waals surface area contributed by atoms with Crippen molar-refractivity contribution in [2.24, 2.45) is 0 Å². The Balaban J connectivity index is 2.48. The molecule has 0 fully saturated rings. The van der Waals surface area contributed by atoms with Crippen LogP contribution in [0, 0.1) is 0 Å². The van der Waals surface area contributed by atoms with E-state index >= 15 is 0 Å². The monoisotopic (exact) mass is 181 g/mol. The van der Waals surface area contributed by atoms with Gasteiger partial charge in [0, 0.05) is 12.2 Å². The molecule has 70 valence electrons. The van der Waals surface area contributed by atoms with E-state index in [-0.39, 0.29) is 14.3 Å². The van der Waals surface area contributed by atoms with Crippen molar-refractivity contribution in [3.63, 3.8) is 0 Å². The van der Waals surface area contributed by atoms with Crippen LogP contribution in [0.4, 0.5) is 5.69 Å². The summed E-state index contributed by atoms with van der Waals surface area (Å²) in [7, 11) is -0.316.